The van der Waals surface area contributed by atoms with E-state index >= 15 is 0 Å². The lowest BCUT2D eigenvalue weighted by atomic mass is 9.69. The van der Waals surface area contributed by atoms with Gasteiger partial charge in [-0.3, -0.25) is 14.9 Å². The molecule has 0 radical (unpaired) electrons. The molecule has 0 aromatic rings. The number of hydrogen-bond donors (Lipinski definition) is 0. The highest BCUT2D eigenvalue weighted by molar-refractivity contribution is 5.84. The monoisotopic (exact) mass is 269 g/mol. The van der Waals surface area contributed by atoms with Crippen LogP contribution in [0, 0.1) is 27.9 Å². The van der Waals surface area contributed by atoms with Crippen LogP contribution in [0.3, 0.4) is 0 Å². The highest BCUT2D eigenvalue weighted by Crippen LogP contribution is 2.37. The number of rotatable bonds is 4. The molecule has 19 heavy (non-hydrogen) atoms. The van der Waals surface area contributed by atoms with Gasteiger partial charge in [0.25, 0.3) is 0 Å². The zero-order chi connectivity index (χ0) is 14.7. The van der Waals surface area contributed by atoms with Crippen LogP contribution < -0.4 is 0 Å². The van der Waals surface area contributed by atoms with Crippen LogP contribution >= 0.6 is 0 Å². The molecule has 106 valence electrons. The fraction of sp³-hybridized carbons (Fsp3) is 0.692. The Bertz CT molecular complexity index is 417. The van der Waals surface area contributed by atoms with Crippen LogP contribution in [0.5, 0.6) is 0 Å². The molecule has 4 atom stereocenters. The number of carbonyl (C=O) groups excluding carboxylic acids is 2. The third-order valence-electron chi connectivity index (χ3n) is 3.93. The molecule has 1 aliphatic rings. The zero-order valence-corrected chi connectivity index (χ0v) is 11.4. The third kappa shape index (κ3) is 3.19. The van der Waals surface area contributed by atoms with E-state index in [4.69, 9.17) is 0 Å². The Hall–Kier alpha value is -1.72. The van der Waals surface area contributed by atoms with E-state index < -0.39 is 28.8 Å². The third-order valence-corrected chi connectivity index (χ3v) is 3.93. The van der Waals surface area contributed by atoms with Gasteiger partial charge in [-0.1, -0.05) is 19.1 Å². The van der Waals surface area contributed by atoms with Gasteiger partial charge in [0.05, 0.1) is 7.11 Å². The molecule has 0 aromatic heterocycles. The SMILES string of the molecule is C=C(C)[C@H]1CC(=O)C(C)C(C(C(=O)OC)[N+](=O)[O-])C1. The average molecular weight is 269 g/mol. The van der Waals surface area contributed by atoms with Gasteiger partial charge in [0.2, 0.25) is 0 Å². The molecule has 1 fully saturated rings. The summed E-state index contributed by atoms with van der Waals surface area (Å²) in [6.07, 6.45) is 0.765. The Labute approximate surface area is 112 Å². The largest absolute Gasteiger partial charge is 0.464 e. The number of allylic oxidation sites excluding steroid dienone is 1. The Morgan fingerprint density at radius 3 is 2.58 bits per heavy atom. The molecule has 0 bridgehead atoms. The van der Waals surface area contributed by atoms with Crippen LogP contribution in [0.25, 0.3) is 0 Å². The second kappa shape index (κ2) is 5.95. The molecule has 3 unspecified atom stereocenters. The highest BCUT2D eigenvalue weighted by Gasteiger charge is 2.48. The summed E-state index contributed by atoms with van der Waals surface area (Å²) in [5.41, 5.74) is 0.817. The summed E-state index contributed by atoms with van der Waals surface area (Å²) in [4.78, 5) is 34.0. The molecule has 1 aliphatic carbocycles. The molecule has 0 amide bonds. The van der Waals surface area contributed by atoms with Crippen LogP contribution in [-0.2, 0) is 14.3 Å². The van der Waals surface area contributed by atoms with Crippen molar-refractivity contribution in [2.75, 3.05) is 7.11 Å². The molecule has 1 rings (SSSR count). The Kier molecular flexibility index (Phi) is 4.80. The first-order valence-electron chi connectivity index (χ1n) is 6.19. The standard InChI is InChI=1S/C13H19NO5/c1-7(2)9-5-10(8(3)11(15)6-9)12(14(17)18)13(16)19-4/h8-10,12H,1,5-6H2,2-4H3/t8?,9-,10?,12?/m1/s1. The van der Waals surface area contributed by atoms with Crippen LogP contribution in [-0.4, -0.2) is 29.8 Å². The van der Waals surface area contributed by atoms with Crippen molar-refractivity contribution in [1.82, 2.24) is 0 Å². The predicted molar refractivity (Wildman–Crippen MR) is 68.0 cm³/mol. The van der Waals surface area contributed by atoms with Crippen LogP contribution in [0.15, 0.2) is 12.2 Å². The maximum atomic E-state index is 11.9. The summed E-state index contributed by atoms with van der Waals surface area (Å²) in [5.74, 6) is -2.19. The number of Topliss-reactive ketones (excluding diaryl/α,β-unsaturated/α-hetero) is 1. The molecule has 0 spiro atoms. The fourth-order valence-electron chi connectivity index (χ4n) is 2.60. The van der Waals surface area contributed by atoms with E-state index in [9.17, 15) is 19.7 Å². The summed E-state index contributed by atoms with van der Waals surface area (Å²) >= 11 is 0. The van der Waals surface area contributed by atoms with Gasteiger partial charge in [-0.2, -0.15) is 0 Å². The van der Waals surface area contributed by atoms with E-state index in [1.54, 1.807) is 13.8 Å². The van der Waals surface area contributed by atoms with Crippen LogP contribution in [0.4, 0.5) is 0 Å². The molecule has 6 heteroatoms. The minimum atomic E-state index is -1.48. The molecule has 1 saturated carbocycles. The van der Waals surface area contributed by atoms with Crippen molar-refractivity contribution in [1.29, 1.82) is 0 Å². The van der Waals surface area contributed by atoms with Gasteiger partial charge in [0.15, 0.2) is 0 Å². The van der Waals surface area contributed by atoms with E-state index in [0.29, 0.717) is 12.8 Å². The van der Waals surface area contributed by atoms with Crippen molar-refractivity contribution < 1.29 is 19.2 Å². The van der Waals surface area contributed by atoms with E-state index in [0.717, 1.165) is 12.7 Å². The van der Waals surface area contributed by atoms with Gasteiger partial charge >= 0.3 is 12.0 Å². The first kappa shape index (κ1) is 15.3. The van der Waals surface area contributed by atoms with Gasteiger partial charge in [-0.15, -0.1) is 0 Å². The summed E-state index contributed by atoms with van der Waals surface area (Å²) in [6.45, 7) is 7.24. The highest BCUT2D eigenvalue weighted by atomic mass is 16.6. The number of carbonyl (C=O) groups is 2. The van der Waals surface area contributed by atoms with Crippen LogP contribution in [0.2, 0.25) is 0 Å². The maximum Gasteiger partial charge on any atom is 0.381 e. The topological polar surface area (TPSA) is 86.5 Å². The first-order valence-corrected chi connectivity index (χ1v) is 6.19. The predicted octanol–water partition coefficient (Wildman–Crippen LogP) is 1.61. The Morgan fingerprint density at radius 1 is 1.58 bits per heavy atom. The van der Waals surface area contributed by atoms with Gasteiger partial charge in [0.1, 0.15) is 5.78 Å². The Balaban J connectivity index is 3.05. The van der Waals surface area contributed by atoms with Crippen LogP contribution in [0.1, 0.15) is 26.7 Å². The smallest absolute Gasteiger partial charge is 0.381 e. The van der Waals surface area contributed by atoms with Gasteiger partial charge in [-0.25, -0.2) is 4.79 Å². The fourth-order valence-corrected chi connectivity index (χ4v) is 2.60. The number of nitrogens with zero attached hydrogens (tertiary/aromatic N) is 1. The molecular formula is C13H19NO5. The average Bonchev–Trinajstić information content (AvgIpc) is 2.33. The second-order valence-electron chi connectivity index (χ2n) is 5.16. The van der Waals surface area contributed by atoms with E-state index in [2.05, 4.69) is 11.3 Å². The molecule has 0 heterocycles. The van der Waals surface area contributed by atoms with E-state index in [1.807, 2.05) is 0 Å². The van der Waals surface area contributed by atoms with Crippen molar-refractivity contribution in [2.45, 2.75) is 32.7 Å². The van der Waals surface area contributed by atoms with E-state index in [-0.39, 0.29) is 11.7 Å². The number of hydrogen-bond acceptors (Lipinski definition) is 5. The minimum Gasteiger partial charge on any atom is -0.464 e. The summed E-state index contributed by atoms with van der Waals surface area (Å²) in [6, 6.07) is -1.48. The number of esters is 1. The van der Waals surface area contributed by atoms with Gasteiger partial charge < -0.3 is 4.74 Å². The maximum absolute atomic E-state index is 11.9. The lowest BCUT2D eigenvalue weighted by Gasteiger charge is -2.33. The zero-order valence-electron chi connectivity index (χ0n) is 11.4. The number of nitro groups is 1. The summed E-state index contributed by atoms with van der Waals surface area (Å²) in [7, 11) is 1.12. The van der Waals surface area contributed by atoms with Gasteiger partial charge in [-0.05, 0) is 19.3 Å². The molecule has 0 saturated heterocycles. The van der Waals surface area contributed by atoms with Crippen molar-refractivity contribution >= 4 is 11.8 Å². The van der Waals surface area contributed by atoms with Crippen molar-refractivity contribution in [3.63, 3.8) is 0 Å². The van der Waals surface area contributed by atoms with Crippen molar-refractivity contribution in [3.8, 4) is 0 Å². The van der Waals surface area contributed by atoms with Gasteiger partial charge in [0, 0.05) is 23.2 Å². The van der Waals surface area contributed by atoms with E-state index in [1.165, 1.54) is 0 Å². The Morgan fingerprint density at radius 2 is 2.16 bits per heavy atom. The first-order chi connectivity index (χ1) is 8.79. The normalized spacial score (nSPS) is 28.6. The molecular weight excluding hydrogens is 250 g/mol. The molecule has 0 N–H and O–H groups in total. The molecule has 6 nitrogen and oxygen atoms in total. The van der Waals surface area contributed by atoms with Crippen molar-refractivity contribution in [3.05, 3.63) is 22.3 Å². The number of ether oxygens (including phenoxy) is 1. The lowest BCUT2D eigenvalue weighted by Crippen LogP contribution is -2.46. The summed E-state index contributed by atoms with van der Waals surface area (Å²) < 4.78 is 4.49. The van der Waals surface area contributed by atoms with Crippen molar-refractivity contribution in [2.24, 2.45) is 17.8 Å². The second-order valence-corrected chi connectivity index (χ2v) is 5.16. The number of methoxy groups -OCH3 is 1. The quantitative estimate of drug-likeness (QED) is 0.335. The lowest BCUT2D eigenvalue weighted by molar-refractivity contribution is -0.521. The number of ketones is 1. The molecule has 0 aromatic carbocycles. The summed E-state index contributed by atoms with van der Waals surface area (Å²) in [5, 5.41) is 11.1. The minimum absolute atomic E-state index is 0.0556. The molecule has 0 aliphatic heterocycles.